The number of primary sulfonamides is 1. The summed E-state index contributed by atoms with van der Waals surface area (Å²) in [6.07, 6.45) is 0. The summed E-state index contributed by atoms with van der Waals surface area (Å²) < 4.78 is 21.6. The molecule has 116 valence electrons. The van der Waals surface area contributed by atoms with Gasteiger partial charge in [-0.2, -0.15) is 0 Å². The topological polar surface area (TPSA) is 130 Å². The minimum absolute atomic E-state index is 0.195. The van der Waals surface area contributed by atoms with E-state index in [1.165, 1.54) is 0 Å². The minimum atomic E-state index is -3.69. The summed E-state index contributed by atoms with van der Waals surface area (Å²) in [7, 11) is -3.69. The monoisotopic (exact) mass is 315 g/mol. The molecule has 8 nitrogen and oxygen atoms in total. The number of urea groups is 1. The van der Waals surface area contributed by atoms with E-state index in [0.717, 1.165) is 10.5 Å². The van der Waals surface area contributed by atoms with Gasteiger partial charge in [-0.3, -0.25) is 9.69 Å². The van der Waals surface area contributed by atoms with Crippen LogP contribution in [0.2, 0.25) is 0 Å². The number of sulfonamides is 1. The molecule has 0 aliphatic rings. The van der Waals surface area contributed by atoms with Gasteiger partial charge in [-0.25, -0.2) is 18.4 Å². The average Bonchev–Trinajstić information content (AvgIpc) is 2.35. The van der Waals surface area contributed by atoms with Crippen molar-refractivity contribution < 1.29 is 23.1 Å². The fourth-order valence-electron chi connectivity index (χ4n) is 1.54. The van der Waals surface area contributed by atoms with Crippen molar-refractivity contribution in [2.24, 2.45) is 5.14 Å². The molecule has 0 heterocycles. The predicted octanol–water partition coefficient (Wildman–Crippen LogP) is -0.116. The number of anilines is 1. The predicted molar refractivity (Wildman–Crippen MR) is 77.5 cm³/mol. The average molecular weight is 315 g/mol. The molecule has 0 bridgehead atoms. The van der Waals surface area contributed by atoms with Crippen LogP contribution in [0.15, 0.2) is 24.3 Å². The van der Waals surface area contributed by atoms with Crippen molar-refractivity contribution in [3.63, 3.8) is 0 Å². The van der Waals surface area contributed by atoms with Gasteiger partial charge in [-0.05, 0) is 19.1 Å². The summed E-state index contributed by atoms with van der Waals surface area (Å²) in [5, 5.41) is 16.0. The zero-order valence-electron chi connectivity index (χ0n) is 11.4. The Kier molecular flexibility index (Phi) is 5.68. The third-order valence-corrected chi connectivity index (χ3v) is 3.32. The van der Waals surface area contributed by atoms with Crippen LogP contribution in [0.1, 0.15) is 5.56 Å². The third kappa shape index (κ3) is 6.23. The zero-order valence-corrected chi connectivity index (χ0v) is 12.3. The van der Waals surface area contributed by atoms with Crippen LogP contribution >= 0.6 is 0 Å². The number of rotatable bonds is 6. The van der Waals surface area contributed by atoms with Crippen molar-refractivity contribution in [2.45, 2.75) is 6.92 Å². The lowest BCUT2D eigenvalue weighted by Crippen LogP contribution is -2.44. The number of benzene rings is 1. The van der Waals surface area contributed by atoms with Crippen molar-refractivity contribution in [1.82, 2.24) is 5.32 Å². The van der Waals surface area contributed by atoms with E-state index >= 15 is 0 Å². The van der Waals surface area contributed by atoms with E-state index in [4.69, 9.17) is 10.2 Å². The molecule has 0 spiro atoms. The highest BCUT2D eigenvalue weighted by atomic mass is 32.2. The molecule has 0 aliphatic carbocycles. The number of hydrogen-bond donors (Lipinski definition) is 3. The Morgan fingerprint density at radius 3 is 2.33 bits per heavy atom. The zero-order chi connectivity index (χ0) is 16.0. The smallest absolute Gasteiger partial charge is 0.323 e. The van der Waals surface area contributed by atoms with Crippen molar-refractivity contribution in [1.29, 1.82) is 0 Å². The summed E-state index contributed by atoms with van der Waals surface area (Å²) >= 11 is 0. The van der Waals surface area contributed by atoms with Crippen molar-refractivity contribution >= 4 is 27.7 Å². The molecule has 2 amide bonds. The molecule has 1 aromatic carbocycles. The second-order valence-electron chi connectivity index (χ2n) is 4.41. The number of carboxylic acid groups (broad SMARTS) is 1. The lowest BCUT2D eigenvalue weighted by Gasteiger charge is -2.21. The van der Waals surface area contributed by atoms with E-state index in [2.05, 4.69) is 5.32 Å². The molecule has 4 N–H and O–H groups in total. The maximum absolute atomic E-state index is 12.0. The summed E-state index contributed by atoms with van der Waals surface area (Å²) in [6.45, 7) is 1.13. The maximum atomic E-state index is 12.0. The molecule has 0 unspecified atom stereocenters. The number of carboxylic acids is 1. The molecule has 1 rings (SSSR count). The van der Waals surface area contributed by atoms with E-state index in [1.54, 1.807) is 24.3 Å². The Balaban J connectivity index is 2.79. The molecule has 0 aromatic heterocycles. The van der Waals surface area contributed by atoms with Crippen LogP contribution in [0.4, 0.5) is 10.5 Å². The van der Waals surface area contributed by atoms with Gasteiger partial charge >= 0.3 is 12.0 Å². The Morgan fingerprint density at radius 1 is 1.29 bits per heavy atom. The van der Waals surface area contributed by atoms with Gasteiger partial charge in [-0.1, -0.05) is 17.7 Å². The van der Waals surface area contributed by atoms with E-state index in [-0.39, 0.29) is 6.54 Å². The largest absolute Gasteiger partial charge is 0.480 e. The van der Waals surface area contributed by atoms with Gasteiger partial charge in [0, 0.05) is 12.2 Å². The minimum Gasteiger partial charge on any atom is -0.480 e. The molecular weight excluding hydrogens is 298 g/mol. The highest BCUT2D eigenvalue weighted by molar-refractivity contribution is 7.89. The number of nitrogens with two attached hydrogens (primary N) is 1. The van der Waals surface area contributed by atoms with Crippen LogP contribution in [0.25, 0.3) is 0 Å². The standard InChI is InChI=1S/C12H17N3O5S/c1-9-2-4-10(5-3-9)15(8-11(16)17)12(18)14-6-7-21(13,19)20/h2-5H,6-8H2,1H3,(H,14,18)(H,16,17)(H2,13,19,20). The lowest BCUT2D eigenvalue weighted by atomic mass is 10.2. The molecule has 9 heteroatoms. The molecule has 0 fully saturated rings. The van der Waals surface area contributed by atoms with Crippen molar-refractivity contribution in [2.75, 3.05) is 23.7 Å². The van der Waals surface area contributed by atoms with Gasteiger partial charge in [-0.15, -0.1) is 0 Å². The van der Waals surface area contributed by atoms with Crippen molar-refractivity contribution in [3.05, 3.63) is 29.8 Å². The molecule has 1 aromatic rings. The van der Waals surface area contributed by atoms with E-state index in [9.17, 15) is 18.0 Å². The number of carbonyl (C=O) groups is 2. The Bertz CT molecular complexity index is 612. The van der Waals surface area contributed by atoms with Crippen LogP contribution in [0.3, 0.4) is 0 Å². The first kappa shape index (κ1) is 16.9. The van der Waals surface area contributed by atoms with E-state index in [1.807, 2.05) is 6.92 Å². The third-order valence-electron chi connectivity index (χ3n) is 2.55. The number of hydrogen-bond acceptors (Lipinski definition) is 4. The number of aliphatic carboxylic acids is 1. The van der Waals surface area contributed by atoms with Crippen LogP contribution < -0.4 is 15.4 Å². The first-order valence-corrected chi connectivity index (χ1v) is 7.75. The Hall–Kier alpha value is -2.13. The van der Waals surface area contributed by atoms with Crippen LogP contribution in [-0.4, -0.2) is 44.4 Å². The van der Waals surface area contributed by atoms with E-state index in [0.29, 0.717) is 5.69 Å². The summed E-state index contributed by atoms with van der Waals surface area (Å²) in [5.74, 6) is -1.61. The summed E-state index contributed by atoms with van der Waals surface area (Å²) in [5.41, 5.74) is 1.36. The van der Waals surface area contributed by atoms with E-state index < -0.39 is 34.3 Å². The molecular formula is C12H17N3O5S. The second kappa shape index (κ2) is 7.04. The van der Waals surface area contributed by atoms with Gasteiger partial charge < -0.3 is 10.4 Å². The maximum Gasteiger partial charge on any atom is 0.323 e. The first-order chi connectivity index (χ1) is 9.69. The fourth-order valence-corrected chi connectivity index (χ4v) is 1.92. The van der Waals surface area contributed by atoms with Crippen LogP contribution in [-0.2, 0) is 14.8 Å². The Labute approximate surface area is 122 Å². The van der Waals surface area contributed by atoms with Crippen molar-refractivity contribution in [3.8, 4) is 0 Å². The molecule has 0 saturated heterocycles. The highest BCUT2D eigenvalue weighted by Gasteiger charge is 2.18. The fraction of sp³-hybridized carbons (Fsp3) is 0.333. The normalized spacial score (nSPS) is 11.0. The van der Waals surface area contributed by atoms with Gasteiger partial charge in [0.1, 0.15) is 6.54 Å². The molecule has 0 saturated carbocycles. The van der Waals surface area contributed by atoms with Gasteiger partial charge in [0.05, 0.1) is 5.75 Å². The summed E-state index contributed by atoms with van der Waals surface area (Å²) in [4.78, 5) is 23.8. The number of nitrogens with zero attached hydrogens (tertiary/aromatic N) is 1. The number of aryl methyl sites for hydroxylation is 1. The van der Waals surface area contributed by atoms with Crippen LogP contribution in [0, 0.1) is 6.92 Å². The molecule has 0 atom stereocenters. The van der Waals surface area contributed by atoms with Gasteiger partial charge in [0.2, 0.25) is 10.0 Å². The number of nitrogens with one attached hydrogen (secondary N) is 1. The number of amides is 2. The molecule has 21 heavy (non-hydrogen) atoms. The first-order valence-electron chi connectivity index (χ1n) is 6.03. The lowest BCUT2D eigenvalue weighted by molar-refractivity contribution is -0.135. The summed E-state index contributed by atoms with van der Waals surface area (Å²) in [6, 6.07) is 5.99. The SMILES string of the molecule is Cc1ccc(N(CC(=O)O)C(=O)NCCS(N)(=O)=O)cc1. The van der Waals surface area contributed by atoms with Gasteiger partial charge in [0.15, 0.2) is 0 Å². The van der Waals surface area contributed by atoms with Gasteiger partial charge in [0.25, 0.3) is 0 Å². The molecule has 0 radical (unpaired) electrons. The quantitative estimate of drug-likeness (QED) is 0.674. The van der Waals surface area contributed by atoms with Crippen LogP contribution in [0.5, 0.6) is 0 Å². The highest BCUT2D eigenvalue weighted by Crippen LogP contribution is 2.15. The Morgan fingerprint density at radius 2 is 1.86 bits per heavy atom. The molecule has 0 aliphatic heterocycles. The number of carbonyl (C=O) groups excluding carboxylic acids is 1. The second-order valence-corrected chi connectivity index (χ2v) is 6.15.